The molecule has 1 unspecified atom stereocenters. The van der Waals surface area contributed by atoms with Crippen LogP contribution < -0.4 is 0 Å². The molecule has 2 aliphatic rings. The molecule has 1 saturated carbocycles. The molecule has 0 N–H and O–H groups in total. The van der Waals surface area contributed by atoms with Crippen LogP contribution in [0, 0.1) is 11.8 Å². The summed E-state index contributed by atoms with van der Waals surface area (Å²) >= 11 is 0. The number of halogens is 2. The number of hydrogen-bond donors (Lipinski definition) is 0. The number of nitrogens with zero attached hydrogens (tertiary/aromatic N) is 1. The van der Waals surface area contributed by atoms with Crippen molar-refractivity contribution in [2.75, 3.05) is 13.1 Å². The van der Waals surface area contributed by atoms with Crippen molar-refractivity contribution in [2.45, 2.75) is 38.5 Å². The minimum Gasteiger partial charge on any atom is -0.342 e. The first-order valence-electron chi connectivity index (χ1n) is 5.64. The highest BCUT2D eigenvalue weighted by Crippen LogP contribution is 2.43. The summed E-state index contributed by atoms with van der Waals surface area (Å²) < 4.78 is 25.2. The summed E-state index contributed by atoms with van der Waals surface area (Å²) in [6.07, 6.45) is 1.67. The van der Waals surface area contributed by atoms with Gasteiger partial charge in [-0.15, -0.1) is 0 Å². The first-order chi connectivity index (χ1) is 6.98. The average molecular weight is 217 g/mol. The van der Waals surface area contributed by atoms with Crippen LogP contribution in [-0.4, -0.2) is 29.8 Å². The molecule has 0 aromatic rings. The largest absolute Gasteiger partial charge is 0.342 e. The maximum atomic E-state index is 12.6. The molecule has 1 amide bonds. The summed E-state index contributed by atoms with van der Waals surface area (Å²) in [5.41, 5.74) is 0. The van der Waals surface area contributed by atoms with Crippen LogP contribution >= 0.6 is 0 Å². The van der Waals surface area contributed by atoms with Gasteiger partial charge in [0.05, 0.1) is 0 Å². The molecule has 0 aromatic carbocycles. The molecule has 4 heteroatoms. The van der Waals surface area contributed by atoms with Crippen molar-refractivity contribution in [3.8, 4) is 0 Å². The van der Waals surface area contributed by atoms with Crippen molar-refractivity contribution in [1.29, 1.82) is 0 Å². The van der Waals surface area contributed by atoms with E-state index in [1.54, 1.807) is 4.90 Å². The molecule has 1 aliphatic heterocycles. The van der Waals surface area contributed by atoms with Crippen LogP contribution in [0.4, 0.5) is 8.78 Å². The fourth-order valence-electron chi connectivity index (χ4n) is 2.48. The van der Waals surface area contributed by atoms with Crippen LogP contribution in [0.1, 0.15) is 32.6 Å². The molecular weight excluding hydrogens is 200 g/mol. The van der Waals surface area contributed by atoms with Gasteiger partial charge in [0.15, 0.2) is 0 Å². The van der Waals surface area contributed by atoms with Crippen molar-refractivity contribution < 1.29 is 13.6 Å². The third-order valence-electron chi connectivity index (χ3n) is 3.41. The predicted octanol–water partition coefficient (Wildman–Crippen LogP) is 2.29. The molecule has 0 bridgehead atoms. The summed E-state index contributed by atoms with van der Waals surface area (Å²) in [5.74, 6) is -2.53. The van der Waals surface area contributed by atoms with Gasteiger partial charge in [0.2, 0.25) is 11.8 Å². The Labute approximate surface area is 88.6 Å². The fourth-order valence-corrected chi connectivity index (χ4v) is 2.48. The lowest BCUT2D eigenvalue weighted by atomic mass is 9.80. The Morgan fingerprint density at radius 1 is 1.40 bits per heavy atom. The number of amides is 1. The van der Waals surface area contributed by atoms with Gasteiger partial charge in [0.25, 0.3) is 0 Å². The maximum Gasteiger partial charge on any atom is 0.249 e. The highest BCUT2D eigenvalue weighted by molar-refractivity contribution is 5.80. The lowest BCUT2D eigenvalue weighted by Gasteiger charge is -2.39. The van der Waals surface area contributed by atoms with Gasteiger partial charge < -0.3 is 4.90 Å². The van der Waals surface area contributed by atoms with Crippen molar-refractivity contribution in [3.05, 3.63) is 0 Å². The SMILES string of the molecule is CC1CCCN(C(=O)C2CC(F)(F)C2)C1. The fraction of sp³-hybridized carbons (Fsp3) is 0.909. The van der Waals surface area contributed by atoms with E-state index in [-0.39, 0.29) is 18.7 Å². The molecule has 0 radical (unpaired) electrons. The molecule has 0 spiro atoms. The number of carbonyl (C=O) groups excluding carboxylic acids is 1. The van der Waals surface area contributed by atoms with E-state index in [2.05, 4.69) is 6.92 Å². The van der Waals surface area contributed by atoms with Crippen LogP contribution in [0.2, 0.25) is 0 Å². The minimum absolute atomic E-state index is 0.0486. The van der Waals surface area contributed by atoms with E-state index in [9.17, 15) is 13.6 Å². The van der Waals surface area contributed by atoms with E-state index in [0.717, 1.165) is 25.9 Å². The Morgan fingerprint density at radius 2 is 2.07 bits per heavy atom. The number of carbonyl (C=O) groups is 1. The van der Waals surface area contributed by atoms with Crippen molar-refractivity contribution in [1.82, 2.24) is 4.90 Å². The van der Waals surface area contributed by atoms with Gasteiger partial charge in [-0.3, -0.25) is 4.79 Å². The molecule has 2 nitrogen and oxygen atoms in total. The second-order valence-corrected chi connectivity index (χ2v) is 4.99. The van der Waals surface area contributed by atoms with Gasteiger partial charge in [-0.2, -0.15) is 0 Å². The first kappa shape index (κ1) is 10.8. The lowest BCUT2D eigenvalue weighted by Crippen LogP contribution is -2.49. The van der Waals surface area contributed by atoms with Crippen LogP contribution in [0.15, 0.2) is 0 Å². The number of alkyl halides is 2. The molecule has 1 heterocycles. The Morgan fingerprint density at radius 3 is 2.60 bits per heavy atom. The monoisotopic (exact) mass is 217 g/mol. The molecule has 0 aromatic heterocycles. The van der Waals surface area contributed by atoms with Crippen molar-refractivity contribution in [2.24, 2.45) is 11.8 Å². The van der Waals surface area contributed by atoms with Crippen LogP contribution in [-0.2, 0) is 4.79 Å². The quantitative estimate of drug-likeness (QED) is 0.660. The van der Waals surface area contributed by atoms with Gasteiger partial charge in [-0.05, 0) is 18.8 Å². The normalized spacial score (nSPS) is 31.1. The van der Waals surface area contributed by atoms with Crippen LogP contribution in [0.25, 0.3) is 0 Å². The summed E-state index contributed by atoms with van der Waals surface area (Å²) in [5, 5.41) is 0. The summed E-state index contributed by atoms with van der Waals surface area (Å²) in [7, 11) is 0. The minimum atomic E-state index is -2.58. The second-order valence-electron chi connectivity index (χ2n) is 4.99. The molecular formula is C11H17F2NO. The van der Waals surface area contributed by atoms with Crippen molar-refractivity contribution >= 4 is 5.91 Å². The smallest absolute Gasteiger partial charge is 0.249 e. The highest BCUT2D eigenvalue weighted by atomic mass is 19.3. The van der Waals surface area contributed by atoms with E-state index in [1.165, 1.54) is 0 Å². The van der Waals surface area contributed by atoms with E-state index < -0.39 is 11.8 Å². The van der Waals surface area contributed by atoms with Crippen LogP contribution in [0.5, 0.6) is 0 Å². The van der Waals surface area contributed by atoms with E-state index in [0.29, 0.717) is 5.92 Å². The maximum absolute atomic E-state index is 12.6. The second kappa shape index (κ2) is 3.72. The summed E-state index contributed by atoms with van der Waals surface area (Å²) in [6, 6.07) is 0. The van der Waals surface area contributed by atoms with Gasteiger partial charge in [0.1, 0.15) is 0 Å². The summed E-state index contributed by atoms with van der Waals surface area (Å²) in [6.45, 7) is 3.61. The predicted molar refractivity (Wildman–Crippen MR) is 52.6 cm³/mol. The molecule has 2 fully saturated rings. The third-order valence-corrected chi connectivity index (χ3v) is 3.41. The Hall–Kier alpha value is -0.670. The first-order valence-corrected chi connectivity index (χ1v) is 5.64. The zero-order valence-corrected chi connectivity index (χ0v) is 9.01. The highest BCUT2D eigenvalue weighted by Gasteiger charge is 2.49. The molecule has 1 aliphatic carbocycles. The molecule has 1 atom stereocenters. The number of likely N-dealkylation sites (tertiary alicyclic amines) is 1. The Bertz CT molecular complexity index is 259. The van der Waals surface area contributed by atoms with Gasteiger partial charge >= 0.3 is 0 Å². The number of hydrogen-bond acceptors (Lipinski definition) is 1. The van der Waals surface area contributed by atoms with Gasteiger partial charge in [-0.1, -0.05) is 6.92 Å². The number of piperidine rings is 1. The topological polar surface area (TPSA) is 20.3 Å². The molecule has 1 saturated heterocycles. The van der Waals surface area contributed by atoms with Gasteiger partial charge in [-0.25, -0.2) is 8.78 Å². The standard InChI is InChI=1S/C11H17F2NO/c1-8-3-2-4-14(7-8)10(15)9-5-11(12,13)6-9/h8-9H,2-7H2,1H3. The Balaban J connectivity index is 1.86. The molecule has 15 heavy (non-hydrogen) atoms. The summed E-state index contributed by atoms with van der Waals surface area (Å²) in [4.78, 5) is 13.6. The van der Waals surface area contributed by atoms with E-state index in [1.807, 2.05) is 0 Å². The van der Waals surface area contributed by atoms with Gasteiger partial charge in [0, 0.05) is 31.8 Å². The van der Waals surface area contributed by atoms with E-state index >= 15 is 0 Å². The zero-order chi connectivity index (χ0) is 11.1. The van der Waals surface area contributed by atoms with E-state index in [4.69, 9.17) is 0 Å². The van der Waals surface area contributed by atoms with Crippen molar-refractivity contribution in [3.63, 3.8) is 0 Å². The zero-order valence-electron chi connectivity index (χ0n) is 9.01. The van der Waals surface area contributed by atoms with Crippen LogP contribution in [0.3, 0.4) is 0 Å². The molecule has 2 rings (SSSR count). The molecule has 86 valence electrons. The lowest BCUT2D eigenvalue weighted by molar-refractivity contribution is -0.161. The average Bonchev–Trinajstić information content (AvgIpc) is 2.13. The Kier molecular flexibility index (Phi) is 2.69. The number of rotatable bonds is 1. The third kappa shape index (κ3) is 2.29.